The summed E-state index contributed by atoms with van der Waals surface area (Å²) >= 11 is 0. The Morgan fingerprint density at radius 2 is 1.85 bits per heavy atom. The highest BCUT2D eigenvalue weighted by atomic mass is 16.5. The Morgan fingerprint density at radius 1 is 1.11 bits per heavy atom. The van der Waals surface area contributed by atoms with Crippen molar-refractivity contribution < 1.29 is 9.47 Å². The predicted molar refractivity (Wildman–Crippen MR) is 111 cm³/mol. The van der Waals surface area contributed by atoms with Crippen molar-refractivity contribution in [2.24, 2.45) is 0 Å². The number of anilines is 1. The SMILES string of the molecule is CC.COc1ccc(CNc2ncnc3c2c(C)cn3C(C)C)c(OC)c1. The van der Waals surface area contributed by atoms with Crippen LogP contribution in [0.4, 0.5) is 5.82 Å². The second-order valence-electron chi connectivity index (χ2n) is 6.27. The molecule has 0 spiro atoms. The van der Waals surface area contributed by atoms with E-state index in [1.807, 2.05) is 32.0 Å². The van der Waals surface area contributed by atoms with Crippen LogP contribution in [0, 0.1) is 6.92 Å². The van der Waals surface area contributed by atoms with Crippen molar-refractivity contribution in [3.8, 4) is 11.5 Å². The van der Waals surface area contributed by atoms with Gasteiger partial charge in [0.1, 0.15) is 29.3 Å². The maximum atomic E-state index is 5.47. The molecule has 0 radical (unpaired) electrons. The molecule has 0 saturated heterocycles. The van der Waals surface area contributed by atoms with Gasteiger partial charge in [-0.25, -0.2) is 9.97 Å². The third-order valence-corrected chi connectivity index (χ3v) is 4.30. The van der Waals surface area contributed by atoms with Gasteiger partial charge in [-0.1, -0.05) is 13.8 Å². The first-order chi connectivity index (χ1) is 13.0. The Kier molecular flexibility index (Phi) is 7.05. The van der Waals surface area contributed by atoms with Gasteiger partial charge in [-0.2, -0.15) is 0 Å². The molecule has 2 aromatic heterocycles. The number of benzene rings is 1. The highest BCUT2D eigenvalue weighted by molar-refractivity contribution is 5.90. The third-order valence-electron chi connectivity index (χ3n) is 4.30. The standard InChI is InChI=1S/C19H24N4O2.C2H6/c1-12(2)23-10-13(3)17-18(21-11-22-19(17)23)20-9-14-6-7-15(24-4)8-16(14)25-5;1-2/h6-8,10-12H,9H2,1-5H3,(H,20,21,22);1-2H3. The molecular weight excluding hydrogens is 340 g/mol. The number of hydrogen-bond acceptors (Lipinski definition) is 5. The van der Waals surface area contributed by atoms with E-state index >= 15 is 0 Å². The average molecular weight is 370 g/mol. The molecule has 0 atom stereocenters. The van der Waals surface area contributed by atoms with Crippen molar-refractivity contribution in [2.75, 3.05) is 19.5 Å². The minimum Gasteiger partial charge on any atom is -0.497 e. The van der Waals surface area contributed by atoms with E-state index in [1.165, 1.54) is 0 Å². The van der Waals surface area contributed by atoms with Crippen LogP contribution >= 0.6 is 0 Å². The summed E-state index contributed by atoms with van der Waals surface area (Å²) in [6.07, 6.45) is 3.73. The van der Waals surface area contributed by atoms with Crippen LogP contribution in [0.1, 0.15) is 44.9 Å². The van der Waals surface area contributed by atoms with Gasteiger partial charge >= 0.3 is 0 Å². The van der Waals surface area contributed by atoms with Crippen LogP contribution in [0.25, 0.3) is 11.0 Å². The van der Waals surface area contributed by atoms with Crippen LogP contribution in [0.2, 0.25) is 0 Å². The van der Waals surface area contributed by atoms with Crippen molar-refractivity contribution in [1.82, 2.24) is 14.5 Å². The molecule has 0 unspecified atom stereocenters. The Labute approximate surface area is 161 Å². The largest absolute Gasteiger partial charge is 0.497 e. The van der Waals surface area contributed by atoms with Crippen LogP contribution < -0.4 is 14.8 Å². The summed E-state index contributed by atoms with van der Waals surface area (Å²) < 4.78 is 12.9. The van der Waals surface area contributed by atoms with E-state index in [4.69, 9.17) is 9.47 Å². The molecule has 6 heteroatoms. The minimum atomic E-state index is 0.348. The first-order valence-corrected chi connectivity index (χ1v) is 9.32. The van der Waals surface area contributed by atoms with E-state index in [0.29, 0.717) is 12.6 Å². The quantitative estimate of drug-likeness (QED) is 0.663. The summed E-state index contributed by atoms with van der Waals surface area (Å²) in [7, 11) is 3.31. The Bertz CT molecular complexity index is 887. The number of fused-ring (bicyclic) bond motifs is 1. The second kappa shape index (κ2) is 9.26. The van der Waals surface area contributed by atoms with Gasteiger partial charge in [0.05, 0.1) is 19.6 Å². The molecule has 1 aromatic carbocycles. The molecule has 1 N–H and O–H groups in total. The number of aromatic nitrogens is 3. The van der Waals surface area contributed by atoms with Gasteiger partial charge in [0.15, 0.2) is 0 Å². The van der Waals surface area contributed by atoms with Crippen molar-refractivity contribution in [3.05, 3.63) is 41.9 Å². The lowest BCUT2D eigenvalue weighted by Crippen LogP contribution is -2.05. The smallest absolute Gasteiger partial charge is 0.145 e. The lowest BCUT2D eigenvalue weighted by molar-refractivity contribution is 0.391. The lowest BCUT2D eigenvalue weighted by Gasteiger charge is -2.13. The number of aryl methyl sites for hydroxylation is 1. The molecule has 146 valence electrons. The number of rotatable bonds is 6. The maximum Gasteiger partial charge on any atom is 0.145 e. The zero-order valence-corrected chi connectivity index (χ0v) is 17.3. The number of nitrogens with zero attached hydrogens (tertiary/aromatic N) is 3. The van der Waals surface area contributed by atoms with Crippen molar-refractivity contribution >= 4 is 16.9 Å². The summed E-state index contributed by atoms with van der Waals surface area (Å²) in [6.45, 7) is 11.0. The van der Waals surface area contributed by atoms with Crippen molar-refractivity contribution in [3.63, 3.8) is 0 Å². The number of methoxy groups -OCH3 is 2. The molecular formula is C21H30N4O2. The summed E-state index contributed by atoms with van der Waals surface area (Å²) in [5.41, 5.74) is 3.15. The zero-order chi connectivity index (χ0) is 20.0. The fourth-order valence-corrected chi connectivity index (χ4v) is 2.97. The molecule has 0 amide bonds. The van der Waals surface area contributed by atoms with Gasteiger partial charge in [-0.15, -0.1) is 0 Å². The number of nitrogens with one attached hydrogen (secondary N) is 1. The van der Waals surface area contributed by atoms with E-state index in [1.54, 1.807) is 20.5 Å². The van der Waals surface area contributed by atoms with Gasteiger partial charge in [-0.05, 0) is 38.5 Å². The van der Waals surface area contributed by atoms with Crippen LogP contribution in [0.15, 0.2) is 30.7 Å². The van der Waals surface area contributed by atoms with E-state index < -0.39 is 0 Å². The molecule has 0 aliphatic rings. The molecule has 27 heavy (non-hydrogen) atoms. The van der Waals surface area contributed by atoms with Crippen LogP contribution in [-0.2, 0) is 6.54 Å². The van der Waals surface area contributed by atoms with Crippen molar-refractivity contribution in [2.45, 2.75) is 47.2 Å². The first kappa shape index (κ1) is 20.6. The van der Waals surface area contributed by atoms with E-state index in [0.717, 1.165) is 39.5 Å². The van der Waals surface area contributed by atoms with Crippen LogP contribution in [-0.4, -0.2) is 28.8 Å². The second-order valence-corrected chi connectivity index (χ2v) is 6.27. The van der Waals surface area contributed by atoms with Crippen LogP contribution in [0.5, 0.6) is 11.5 Å². The van der Waals surface area contributed by atoms with E-state index in [2.05, 4.69) is 46.8 Å². The van der Waals surface area contributed by atoms with E-state index in [-0.39, 0.29) is 0 Å². The van der Waals surface area contributed by atoms with E-state index in [9.17, 15) is 0 Å². The van der Waals surface area contributed by atoms with Crippen LogP contribution in [0.3, 0.4) is 0 Å². The predicted octanol–water partition coefficient (Wildman–Crippen LogP) is 4.98. The Balaban J connectivity index is 0.00000126. The molecule has 2 heterocycles. The molecule has 0 fully saturated rings. The average Bonchev–Trinajstić information content (AvgIpc) is 3.05. The molecule has 3 aromatic rings. The minimum absolute atomic E-state index is 0.348. The Morgan fingerprint density at radius 3 is 2.48 bits per heavy atom. The summed E-state index contributed by atoms with van der Waals surface area (Å²) in [4.78, 5) is 8.91. The Hall–Kier alpha value is -2.76. The topological polar surface area (TPSA) is 61.2 Å². The lowest BCUT2D eigenvalue weighted by atomic mass is 10.2. The molecule has 0 bridgehead atoms. The van der Waals surface area contributed by atoms with Crippen molar-refractivity contribution in [1.29, 1.82) is 0 Å². The third kappa shape index (κ3) is 4.32. The molecule has 0 saturated carbocycles. The monoisotopic (exact) mass is 370 g/mol. The molecule has 0 aliphatic heterocycles. The van der Waals surface area contributed by atoms with Gasteiger partial charge in [0.2, 0.25) is 0 Å². The van der Waals surface area contributed by atoms with Gasteiger partial charge < -0.3 is 19.4 Å². The highest BCUT2D eigenvalue weighted by Crippen LogP contribution is 2.29. The maximum absolute atomic E-state index is 5.47. The molecule has 6 nitrogen and oxygen atoms in total. The summed E-state index contributed by atoms with van der Waals surface area (Å²) in [6, 6.07) is 6.15. The summed E-state index contributed by atoms with van der Waals surface area (Å²) in [5, 5.41) is 4.48. The van der Waals surface area contributed by atoms with Gasteiger partial charge in [-0.3, -0.25) is 0 Å². The van der Waals surface area contributed by atoms with Gasteiger partial charge in [0, 0.05) is 30.4 Å². The fraction of sp³-hybridized carbons (Fsp3) is 0.429. The summed E-state index contributed by atoms with van der Waals surface area (Å²) in [5.74, 6) is 2.39. The number of hydrogen-bond donors (Lipinski definition) is 1. The highest BCUT2D eigenvalue weighted by Gasteiger charge is 2.14. The molecule has 3 rings (SSSR count). The zero-order valence-electron chi connectivity index (χ0n) is 17.3. The molecule has 0 aliphatic carbocycles. The normalized spacial score (nSPS) is 10.5. The fourth-order valence-electron chi connectivity index (χ4n) is 2.97. The number of ether oxygens (including phenoxy) is 2. The first-order valence-electron chi connectivity index (χ1n) is 9.32. The van der Waals surface area contributed by atoms with Gasteiger partial charge in [0.25, 0.3) is 0 Å².